The lowest BCUT2D eigenvalue weighted by molar-refractivity contribution is -0.144. The fourth-order valence-corrected chi connectivity index (χ4v) is 3.86. The van der Waals surface area contributed by atoms with Gasteiger partial charge in [-0.05, 0) is 39.0 Å². The molecule has 3 heterocycles. The molecule has 2 aliphatic rings. The smallest absolute Gasteiger partial charge is 0.393 e. The highest BCUT2D eigenvalue weighted by Crippen LogP contribution is 2.46. The zero-order valence-corrected chi connectivity index (χ0v) is 13.2. The number of nitrogens with zero attached hydrogens (tertiary/aromatic N) is 5. The number of hydrogen-bond acceptors (Lipinski definition) is 5. The highest BCUT2D eigenvalue weighted by molar-refractivity contribution is 5.51. The maximum atomic E-state index is 13.0. The fraction of sp³-hybridized carbons (Fsp3) is 0.667. The predicted molar refractivity (Wildman–Crippen MR) is 79.7 cm³/mol. The van der Waals surface area contributed by atoms with Crippen molar-refractivity contribution >= 4 is 11.6 Å². The summed E-state index contributed by atoms with van der Waals surface area (Å²) in [6.07, 6.45) is -0.836. The molecule has 1 saturated heterocycles. The van der Waals surface area contributed by atoms with Gasteiger partial charge in [0.2, 0.25) is 0 Å². The number of anilines is 1. The van der Waals surface area contributed by atoms with Crippen LogP contribution in [0.2, 0.25) is 0 Å². The number of aromatic nitrogens is 4. The summed E-state index contributed by atoms with van der Waals surface area (Å²) in [4.78, 5) is 9.73. The fourth-order valence-electron chi connectivity index (χ4n) is 3.86. The monoisotopic (exact) mass is 341 g/mol. The summed E-state index contributed by atoms with van der Waals surface area (Å²) in [5.74, 6) is -0.647. The number of fused-ring (bicyclic) bond motifs is 1. The first-order chi connectivity index (χ1) is 11.3. The molecule has 2 aromatic rings. The zero-order valence-electron chi connectivity index (χ0n) is 13.2. The van der Waals surface area contributed by atoms with Crippen LogP contribution in [0.5, 0.6) is 0 Å². The number of alkyl halides is 3. The van der Waals surface area contributed by atoms with Crippen LogP contribution < -0.4 is 4.90 Å². The quantitative estimate of drug-likeness (QED) is 0.862. The third-order valence-corrected chi connectivity index (χ3v) is 5.11. The number of aliphatic hydroxyl groups is 1. The lowest BCUT2D eigenvalue weighted by atomic mass is 9.69. The summed E-state index contributed by atoms with van der Waals surface area (Å²) in [7, 11) is 0. The molecule has 24 heavy (non-hydrogen) atoms. The number of aryl methyl sites for hydroxylation is 1. The third-order valence-electron chi connectivity index (χ3n) is 5.11. The Hall–Kier alpha value is -1.90. The molecule has 1 aliphatic carbocycles. The Morgan fingerprint density at radius 3 is 2.67 bits per heavy atom. The van der Waals surface area contributed by atoms with Crippen molar-refractivity contribution in [3.63, 3.8) is 0 Å². The minimum absolute atomic E-state index is 0.0436. The molecule has 4 rings (SSSR count). The second-order valence-electron chi connectivity index (χ2n) is 6.78. The van der Waals surface area contributed by atoms with E-state index in [1.54, 1.807) is 13.0 Å². The molecule has 9 heteroatoms. The summed E-state index contributed by atoms with van der Waals surface area (Å²) in [5, 5.41) is 13.7. The summed E-state index contributed by atoms with van der Waals surface area (Å²) >= 11 is 0. The van der Waals surface area contributed by atoms with Gasteiger partial charge in [0.25, 0.3) is 11.6 Å². The van der Waals surface area contributed by atoms with Crippen LogP contribution in [0.3, 0.4) is 0 Å². The number of halogens is 3. The van der Waals surface area contributed by atoms with E-state index in [2.05, 4.69) is 20.0 Å². The Morgan fingerprint density at radius 2 is 2.04 bits per heavy atom. The molecule has 0 bridgehead atoms. The standard InChI is InChI=1S/C15H18F3N5O/c1-9-7-11(22-6-3-10(24)8-14(22)4-2-5-14)23-13(19-9)20-12(21-23)15(16,17)18/h7,10,24H,2-6,8H2,1H3. The van der Waals surface area contributed by atoms with Crippen molar-refractivity contribution < 1.29 is 18.3 Å². The second-order valence-corrected chi connectivity index (χ2v) is 6.78. The van der Waals surface area contributed by atoms with E-state index in [0.29, 0.717) is 30.9 Å². The molecular formula is C15H18F3N5O. The SMILES string of the molecule is Cc1cc(N2CCC(O)CC23CCC3)n2nc(C(F)(F)F)nc2n1. The van der Waals surface area contributed by atoms with E-state index >= 15 is 0 Å². The maximum Gasteiger partial charge on any atom is 0.453 e. The van der Waals surface area contributed by atoms with Crippen LogP contribution in [0.4, 0.5) is 19.0 Å². The van der Waals surface area contributed by atoms with Crippen LogP contribution >= 0.6 is 0 Å². The van der Waals surface area contributed by atoms with Crippen LogP contribution in [0.15, 0.2) is 6.07 Å². The van der Waals surface area contributed by atoms with Gasteiger partial charge in [0.15, 0.2) is 0 Å². The number of aliphatic hydroxyl groups excluding tert-OH is 1. The lowest BCUT2D eigenvalue weighted by Crippen LogP contribution is -2.60. The first kappa shape index (κ1) is 15.6. The van der Waals surface area contributed by atoms with E-state index in [9.17, 15) is 18.3 Å². The summed E-state index contributed by atoms with van der Waals surface area (Å²) in [5.41, 5.74) is 0.405. The average Bonchev–Trinajstić information content (AvgIpc) is 2.88. The van der Waals surface area contributed by atoms with Gasteiger partial charge in [0, 0.05) is 23.8 Å². The van der Waals surface area contributed by atoms with Gasteiger partial charge in [-0.15, -0.1) is 5.10 Å². The predicted octanol–water partition coefficient (Wildman–Crippen LogP) is 2.34. The molecule has 0 amide bonds. The zero-order chi connectivity index (χ0) is 17.1. The first-order valence-corrected chi connectivity index (χ1v) is 8.06. The van der Waals surface area contributed by atoms with Gasteiger partial charge in [0.1, 0.15) is 5.82 Å². The van der Waals surface area contributed by atoms with E-state index in [-0.39, 0.29) is 17.4 Å². The summed E-state index contributed by atoms with van der Waals surface area (Å²) in [6.45, 7) is 2.32. The van der Waals surface area contributed by atoms with Crippen molar-refractivity contribution in [2.24, 2.45) is 0 Å². The van der Waals surface area contributed by atoms with Crippen LogP contribution in [0.25, 0.3) is 5.78 Å². The lowest BCUT2D eigenvalue weighted by Gasteiger charge is -2.55. The van der Waals surface area contributed by atoms with E-state index in [0.717, 1.165) is 19.3 Å². The van der Waals surface area contributed by atoms with Crippen molar-refractivity contribution in [2.75, 3.05) is 11.4 Å². The Labute approximate surface area is 136 Å². The molecule has 0 radical (unpaired) electrons. The maximum absolute atomic E-state index is 13.0. The van der Waals surface area contributed by atoms with Gasteiger partial charge in [-0.25, -0.2) is 4.98 Å². The molecule has 1 aliphatic heterocycles. The van der Waals surface area contributed by atoms with E-state index < -0.39 is 12.0 Å². The topological polar surface area (TPSA) is 66.5 Å². The van der Waals surface area contributed by atoms with E-state index in [4.69, 9.17) is 0 Å². The minimum Gasteiger partial charge on any atom is -0.393 e. The van der Waals surface area contributed by atoms with Crippen LogP contribution in [0.1, 0.15) is 43.6 Å². The van der Waals surface area contributed by atoms with Crippen LogP contribution in [-0.4, -0.2) is 42.9 Å². The average molecular weight is 341 g/mol. The highest BCUT2D eigenvalue weighted by Gasteiger charge is 2.47. The third kappa shape index (κ3) is 2.33. The molecule has 2 aromatic heterocycles. The van der Waals surface area contributed by atoms with E-state index in [1.807, 2.05) is 0 Å². The molecule has 130 valence electrons. The van der Waals surface area contributed by atoms with Gasteiger partial charge in [-0.1, -0.05) is 0 Å². The molecule has 0 aromatic carbocycles. The molecule has 1 N–H and O–H groups in total. The second kappa shape index (κ2) is 5.05. The van der Waals surface area contributed by atoms with Crippen LogP contribution in [0, 0.1) is 6.92 Å². The first-order valence-electron chi connectivity index (χ1n) is 8.06. The highest BCUT2D eigenvalue weighted by atomic mass is 19.4. The van der Waals surface area contributed by atoms with E-state index in [1.165, 1.54) is 4.52 Å². The van der Waals surface area contributed by atoms with Crippen molar-refractivity contribution in [3.05, 3.63) is 17.6 Å². The van der Waals surface area contributed by atoms with Crippen molar-refractivity contribution in [1.29, 1.82) is 0 Å². The largest absolute Gasteiger partial charge is 0.453 e. The molecule has 2 fully saturated rings. The number of hydrogen-bond donors (Lipinski definition) is 1. The Balaban J connectivity index is 1.85. The number of piperidine rings is 1. The molecule has 1 spiro atoms. The van der Waals surface area contributed by atoms with Gasteiger partial charge >= 0.3 is 6.18 Å². The van der Waals surface area contributed by atoms with Gasteiger partial charge in [-0.2, -0.15) is 22.7 Å². The molecular weight excluding hydrogens is 323 g/mol. The molecule has 1 atom stereocenters. The normalized spacial score (nSPS) is 23.7. The van der Waals surface area contributed by atoms with Gasteiger partial charge in [-0.3, -0.25) is 0 Å². The molecule has 1 saturated carbocycles. The van der Waals surface area contributed by atoms with Crippen molar-refractivity contribution in [2.45, 2.75) is 56.8 Å². The minimum atomic E-state index is -4.61. The Kier molecular flexibility index (Phi) is 3.28. The van der Waals surface area contributed by atoms with Gasteiger partial charge < -0.3 is 10.0 Å². The summed E-state index contributed by atoms with van der Waals surface area (Å²) < 4.78 is 40.1. The van der Waals surface area contributed by atoms with Crippen molar-refractivity contribution in [3.8, 4) is 0 Å². The molecule has 1 unspecified atom stereocenters. The number of rotatable bonds is 1. The van der Waals surface area contributed by atoms with Gasteiger partial charge in [0.05, 0.1) is 6.10 Å². The molecule has 6 nitrogen and oxygen atoms in total. The Morgan fingerprint density at radius 1 is 1.29 bits per heavy atom. The van der Waals surface area contributed by atoms with Crippen LogP contribution in [-0.2, 0) is 6.18 Å². The summed E-state index contributed by atoms with van der Waals surface area (Å²) in [6, 6.07) is 1.75. The van der Waals surface area contributed by atoms with Crippen molar-refractivity contribution in [1.82, 2.24) is 19.6 Å². The Bertz CT molecular complexity index is 783.